The number of hydrogen-bond donors (Lipinski definition) is 1. The summed E-state index contributed by atoms with van der Waals surface area (Å²) in [4.78, 5) is 12.2. The van der Waals surface area contributed by atoms with Crippen molar-refractivity contribution in [1.82, 2.24) is 0 Å². The Labute approximate surface area is 135 Å². The molecular weight excluding hydrogens is 354 g/mol. The normalized spacial score (nSPS) is 13.0. The summed E-state index contributed by atoms with van der Waals surface area (Å²) in [5.41, 5.74) is 2.11. The summed E-state index contributed by atoms with van der Waals surface area (Å²) in [5.74, 6) is 0.558. The molecular formula is C16H11BrClNO2. The maximum Gasteiger partial charge on any atom is 0.255 e. The van der Waals surface area contributed by atoms with Gasteiger partial charge in [-0.3, -0.25) is 4.79 Å². The van der Waals surface area contributed by atoms with Gasteiger partial charge in [-0.1, -0.05) is 27.5 Å². The first-order valence-electron chi connectivity index (χ1n) is 6.32. The molecule has 0 spiro atoms. The van der Waals surface area contributed by atoms with Crippen molar-refractivity contribution in [1.29, 1.82) is 0 Å². The van der Waals surface area contributed by atoms with Crippen LogP contribution in [0.4, 0.5) is 5.69 Å². The lowest BCUT2D eigenvalue weighted by Crippen LogP contribution is -2.21. The summed E-state index contributed by atoms with van der Waals surface area (Å²) < 4.78 is 6.54. The van der Waals surface area contributed by atoms with Crippen molar-refractivity contribution in [3.8, 4) is 5.75 Å². The topological polar surface area (TPSA) is 38.3 Å². The first kappa shape index (κ1) is 14.2. The number of halogens is 2. The average Bonchev–Trinajstić information content (AvgIpc) is 2.48. The number of rotatable bonds is 2. The van der Waals surface area contributed by atoms with Crippen molar-refractivity contribution in [2.75, 3.05) is 11.9 Å². The van der Waals surface area contributed by atoms with E-state index in [9.17, 15) is 4.79 Å². The van der Waals surface area contributed by atoms with E-state index in [2.05, 4.69) is 21.2 Å². The predicted octanol–water partition coefficient (Wildman–Crippen LogP) is 4.52. The maximum absolute atomic E-state index is 12.2. The summed E-state index contributed by atoms with van der Waals surface area (Å²) in [6.07, 6.45) is 1.80. The second-order valence-electron chi connectivity index (χ2n) is 4.60. The smallest absolute Gasteiger partial charge is 0.255 e. The summed E-state index contributed by atoms with van der Waals surface area (Å²) >= 11 is 9.32. The Morgan fingerprint density at radius 1 is 1.19 bits per heavy atom. The van der Waals surface area contributed by atoms with Gasteiger partial charge in [-0.05, 0) is 48.5 Å². The molecule has 1 amide bonds. The van der Waals surface area contributed by atoms with Crippen LogP contribution in [0.2, 0.25) is 5.02 Å². The van der Waals surface area contributed by atoms with E-state index in [1.807, 2.05) is 24.3 Å². The van der Waals surface area contributed by atoms with Crippen LogP contribution in [0.15, 0.2) is 52.5 Å². The molecule has 0 aliphatic carbocycles. The standard InChI is InChI=1S/C16H11BrClNO2/c17-12-1-4-14(5-2-12)19-16(20)11-7-10-8-13(18)3-6-15(10)21-9-11/h1-8H,9H2,(H,19,20). The Morgan fingerprint density at radius 3 is 2.71 bits per heavy atom. The first-order valence-corrected chi connectivity index (χ1v) is 7.49. The molecule has 0 saturated carbocycles. The quantitative estimate of drug-likeness (QED) is 0.851. The Hall–Kier alpha value is -1.78. The molecule has 1 aliphatic rings. The molecule has 0 saturated heterocycles. The zero-order chi connectivity index (χ0) is 14.8. The van der Waals surface area contributed by atoms with Crippen LogP contribution in [0.25, 0.3) is 6.08 Å². The molecule has 0 radical (unpaired) electrons. The number of carbonyl (C=O) groups excluding carboxylic acids is 1. The highest BCUT2D eigenvalue weighted by atomic mass is 79.9. The summed E-state index contributed by atoms with van der Waals surface area (Å²) in [6, 6.07) is 12.8. The van der Waals surface area contributed by atoms with Crippen LogP contribution >= 0.6 is 27.5 Å². The van der Waals surface area contributed by atoms with Crippen molar-refractivity contribution in [3.63, 3.8) is 0 Å². The Kier molecular flexibility index (Phi) is 3.99. The minimum absolute atomic E-state index is 0.178. The third-order valence-corrected chi connectivity index (χ3v) is 3.84. The average molecular weight is 365 g/mol. The molecule has 5 heteroatoms. The molecule has 1 aliphatic heterocycles. The lowest BCUT2D eigenvalue weighted by atomic mass is 10.1. The SMILES string of the molecule is O=C(Nc1ccc(Br)cc1)C1=Cc2cc(Cl)ccc2OC1. The monoisotopic (exact) mass is 363 g/mol. The fraction of sp³-hybridized carbons (Fsp3) is 0.0625. The number of amides is 1. The van der Waals surface area contributed by atoms with Crippen LogP contribution in [-0.2, 0) is 4.79 Å². The molecule has 2 aromatic carbocycles. The number of fused-ring (bicyclic) bond motifs is 1. The largest absolute Gasteiger partial charge is 0.488 e. The molecule has 0 aromatic heterocycles. The van der Waals surface area contributed by atoms with Gasteiger partial charge < -0.3 is 10.1 Å². The van der Waals surface area contributed by atoms with Gasteiger partial charge in [0.2, 0.25) is 0 Å². The molecule has 0 fully saturated rings. The number of carbonyl (C=O) groups is 1. The van der Waals surface area contributed by atoms with E-state index >= 15 is 0 Å². The fourth-order valence-corrected chi connectivity index (χ4v) is 2.47. The van der Waals surface area contributed by atoms with Gasteiger partial charge in [-0.15, -0.1) is 0 Å². The van der Waals surface area contributed by atoms with Crippen molar-refractivity contribution < 1.29 is 9.53 Å². The Bertz CT molecular complexity index is 726. The minimum atomic E-state index is -0.178. The Morgan fingerprint density at radius 2 is 1.95 bits per heavy atom. The Balaban J connectivity index is 1.81. The van der Waals surface area contributed by atoms with Crippen LogP contribution in [0.5, 0.6) is 5.75 Å². The molecule has 21 heavy (non-hydrogen) atoms. The van der Waals surface area contributed by atoms with Crippen LogP contribution in [0, 0.1) is 0 Å². The van der Waals surface area contributed by atoms with Gasteiger partial charge in [0.25, 0.3) is 5.91 Å². The second kappa shape index (κ2) is 5.92. The highest BCUT2D eigenvalue weighted by molar-refractivity contribution is 9.10. The van der Waals surface area contributed by atoms with Gasteiger partial charge in [0.15, 0.2) is 0 Å². The second-order valence-corrected chi connectivity index (χ2v) is 5.95. The van der Waals surface area contributed by atoms with Gasteiger partial charge in [0.05, 0.1) is 5.57 Å². The van der Waals surface area contributed by atoms with E-state index in [0.717, 1.165) is 21.5 Å². The molecule has 3 rings (SSSR count). The van der Waals surface area contributed by atoms with E-state index in [-0.39, 0.29) is 12.5 Å². The third-order valence-electron chi connectivity index (χ3n) is 3.08. The fourth-order valence-electron chi connectivity index (χ4n) is 2.02. The van der Waals surface area contributed by atoms with E-state index in [4.69, 9.17) is 16.3 Å². The third kappa shape index (κ3) is 3.28. The molecule has 1 N–H and O–H groups in total. The van der Waals surface area contributed by atoms with Crippen LogP contribution in [-0.4, -0.2) is 12.5 Å². The van der Waals surface area contributed by atoms with Crippen molar-refractivity contribution >= 4 is 45.2 Å². The van der Waals surface area contributed by atoms with Crippen LogP contribution in [0.1, 0.15) is 5.56 Å². The van der Waals surface area contributed by atoms with Gasteiger partial charge in [0, 0.05) is 20.7 Å². The maximum atomic E-state index is 12.2. The number of ether oxygens (including phenoxy) is 1. The number of hydrogen-bond acceptors (Lipinski definition) is 2. The highest BCUT2D eigenvalue weighted by Crippen LogP contribution is 2.29. The van der Waals surface area contributed by atoms with Crippen molar-refractivity contribution in [2.24, 2.45) is 0 Å². The summed E-state index contributed by atoms with van der Waals surface area (Å²) in [7, 11) is 0. The van der Waals surface area contributed by atoms with E-state index < -0.39 is 0 Å². The highest BCUT2D eigenvalue weighted by Gasteiger charge is 2.17. The number of anilines is 1. The van der Waals surface area contributed by atoms with Crippen molar-refractivity contribution in [2.45, 2.75) is 0 Å². The summed E-state index contributed by atoms with van der Waals surface area (Å²) in [5, 5.41) is 3.46. The molecule has 0 unspecified atom stereocenters. The van der Waals surface area contributed by atoms with Crippen LogP contribution in [0.3, 0.4) is 0 Å². The lowest BCUT2D eigenvalue weighted by Gasteiger charge is -2.17. The van der Waals surface area contributed by atoms with Gasteiger partial charge in [-0.25, -0.2) is 0 Å². The zero-order valence-corrected chi connectivity index (χ0v) is 13.2. The van der Waals surface area contributed by atoms with Gasteiger partial charge in [0.1, 0.15) is 12.4 Å². The molecule has 1 heterocycles. The predicted molar refractivity (Wildman–Crippen MR) is 87.7 cm³/mol. The number of benzene rings is 2. The summed E-state index contributed by atoms with van der Waals surface area (Å²) in [6.45, 7) is 0.247. The number of nitrogens with one attached hydrogen (secondary N) is 1. The lowest BCUT2D eigenvalue weighted by molar-refractivity contribution is -0.113. The van der Waals surface area contributed by atoms with Crippen molar-refractivity contribution in [3.05, 3.63) is 63.1 Å². The van der Waals surface area contributed by atoms with E-state index in [1.54, 1.807) is 24.3 Å². The van der Waals surface area contributed by atoms with Gasteiger partial charge >= 0.3 is 0 Å². The van der Waals surface area contributed by atoms with E-state index in [1.165, 1.54) is 0 Å². The molecule has 2 aromatic rings. The van der Waals surface area contributed by atoms with Gasteiger partial charge in [-0.2, -0.15) is 0 Å². The molecule has 3 nitrogen and oxygen atoms in total. The van der Waals surface area contributed by atoms with E-state index in [0.29, 0.717) is 10.6 Å². The molecule has 0 bridgehead atoms. The minimum Gasteiger partial charge on any atom is -0.488 e. The molecule has 0 atom stereocenters. The zero-order valence-electron chi connectivity index (χ0n) is 10.9. The molecule has 106 valence electrons. The first-order chi connectivity index (χ1) is 10.1. The van der Waals surface area contributed by atoms with Crippen LogP contribution < -0.4 is 10.1 Å².